The number of ether oxygens (including phenoxy) is 1. The zero-order valence-corrected chi connectivity index (χ0v) is 17.4. The highest BCUT2D eigenvalue weighted by atomic mass is 16.5. The van der Waals surface area contributed by atoms with Crippen molar-refractivity contribution in [2.75, 3.05) is 18.5 Å². The Morgan fingerprint density at radius 2 is 1.93 bits per heavy atom. The number of amides is 2. The van der Waals surface area contributed by atoms with Crippen LogP contribution in [0.15, 0.2) is 53.6 Å². The number of rotatable bonds is 7. The summed E-state index contributed by atoms with van der Waals surface area (Å²) in [5, 5.41) is 2.97. The molecule has 0 aliphatic carbocycles. The summed E-state index contributed by atoms with van der Waals surface area (Å²) in [5.74, 6) is 0. The molecule has 1 heterocycles. The van der Waals surface area contributed by atoms with Crippen LogP contribution in [0, 0.1) is 5.41 Å². The van der Waals surface area contributed by atoms with Crippen LogP contribution in [0.4, 0.5) is 10.5 Å². The first-order valence-corrected chi connectivity index (χ1v) is 9.83. The molecule has 0 radical (unpaired) electrons. The van der Waals surface area contributed by atoms with Crippen LogP contribution in [0.25, 0.3) is 0 Å². The Labute approximate surface area is 164 Å². The number of anilines is 1. The number of para-hydroxylation sites is 1. The van der Waals surface area contributed by atoms with Gasteiger partial charge in [-0.2, -0.15) is 0 Å². The highest BCUT2D eigenvalue weighted by Crippen LogP contribution is 2.34. The van der Waals surface area contributed by atoms with E-state index in [0.29, 0.717) is 13.2 Å². The summed E-state index contributed by atoms with van der Waals surface area (Å²) in [6.07, 6.45) is 7.39. The number of nitrogens with zero attached hydrogens (tertiary/aromatic N) is 1. The van der Waals surface area contributed by atoms with Gasteiger partial charge in [-0.1, -0.05) is 55.3 Å². The van der Waals surface area contributed by atoms with Crippen molar-refractivity contribution < 1.29 is 9.53 Å². The molecule has 1 N–H and O–H groups in total. The predicted octanol–water partition coefficient (Wildman–Crippen LogP) is 5.99. The maximum atomic E-state index is 12.7. The summed E-state index contributed by atoms with van der Waals surface area (Å²) >= 11 is 0. The Hall–Kier alpha value is -2.07. The fraction of sp³-hybridized carbons (Fsp3) is 0.522. The number of hydrogen-bond donors (Lipinski definition) is 1. The van der Waals surface area contributed by atoms with Gasteiger partial charge in [-0.05, 0) is 52.2 Å². The van der Waals surface area contributed by atoms with Gasteiger partial charge in [0, 0.05) is 17.6 Å². The molecule has 1 atom stereocenters. The van der Waals surface area contributed by atoms with Crippen LogP contribution in [0.2, 0.25) is 0 Å². The maximum absolute atomic E-state index is 12.7. The molecular formula is C23H34N2O2. The van der Waals surface area contributed by atoms with E-state index in [2.05, 4.69) is 52.1 Å². The van der Waals surface area contributed by atoms with E-state index < -0.39 is 0 Å². The van der Waals surface area contributed by atoms with Crippen LogP contribution in [-0.2, 0) is 4.74 Å². The van der Waals surface area contributed by atoms with Crippen molar-refractivity contribution in [3.05, 3.63) is 53.6 Å². The minimum atomic E-state index is -0.219. The normalized spacial score (nSPS) is 17.7. The number of nitrogens with one attached hydrogen (secondary N) is 1. The minimum absolute atomic E-state index is 0.0963. The second-order valence-corrected chi connectivity index (χ2v) is 8.28. The average molecular weight is 371 g/mol. The summed E-state index contributed by atoms with van der Waals surface area (Å²) in [5.41, 5.74) is 3.41. The number of benzene rings is 1. The quantitative estimate of drug-likeness (QED) is 0.599. The molecule has 0 saturated carbocycles. The number of hydrogen-bond acceptors (Lipinski definition) is 2. The van der Waals surface area contributed by atoms with Gasteiger partial charge in [-0.25, -0.2) is 4.79 Å². The number of urea groups is 1. The third-order valence-corrected chi connectivity index (χ3v) is 4.91. The molecule has 27 heavy (non-hydrogen) atoms. The summed E-state index contributed by atoms with van der Waals surface area (Å²) in [7, 11) is 0. The average Bonchev–Trinajstić information content (AvgIpc) is 3.11. The molecule has 0 spiro atoms. The molecule has 1 fully saturated rings. The fourth-order valence-electron chi connectivity index (χ4n) is 3.27. The van der Waals surface area contributed by atoms with Gasteiger partial charge >= 0.3 is 6.03 Å². The predicted molar refractivity (Wildman–Crippen MR) is 113 cm³/mol. The van der Waals surface area contributed by atoms with Gasteiger partial charge in [-0.15, -0.1) is 0 Å². The highest BCUT2D eigenvalue weighted by Gasteiger charge is 2.40. The lowest BCUT2D eigenvalue weighted by Crippen LogP contribution is -2.46. The molecule has 1 unspecified atom stereocenters. The Morgan fingerprint density at radius 3 is 2.59 bits per heavy atom. The lowest BCUT2D eigenvalue weighted by Gasteiger charge is -2.36. The van der Waals surface area contributed by atoms with Gasteiger partial charge in [0.05, 0.1) is 6.61 Å². The highest BCUT2D eigenvalue weighted by molar-refractivity contribution is 5.89. The minimum Gasteiger partial charge on any atom is -0.356 e. The molecule has 1 saturated heterocycles. The molecule has 2 amide bonds. The van der Waals surface area contributed by atoms with Crippen LogP contribution in [0.5, 0.6) is 0 Å². The van der Waals surface area contributed by atoms with E-state index in [0.717, 1.165) is 24.9 Å². The van der Waals surface area contributed by atoms with E-state index in [1.807, 2.05) is 35.2 Å². The fourth-order valence-corrected chi connectivity index (χ4v) is 3.27. The first-order chi connectivity index (χ1) is 12.8. The Kier molecular flexibility index (Phi) is 7.66. The summed E-state index contributed by atoms with van der Waals surface area (Å²) < 4.78 is 5.96. The molecule has 0 bridgehead atoms. The van der Waals surface area contributed by atoms with E-state index in [1.165, 1.54) is 11.1 Å². The van der Waals surface area contributed by atoms with Crippen molar-refractivity contribution in [2.24, 2.45) is 5.41 Å². The van der Waals surface area contributed by atoms with E-state index in [-0.39, 0.29) is 17.7 Å². The zero-order valence-electron chi connectivity index (χ0n) is 17.4. The molecular weight excluding hydrogens is 336 g/mol. The molecule has 4 heteroatoms. The Morgan fingerprint density at radius 1 is 1.22 bits per heavy atom. The van der Waals surface area contributed by atoms with Crippen LogP contribution in [0.1, 0.15) is 53.9 Å². The van der Waals surface area contributed by atoms with Gasteiger partial charge in [0.25, 0.3) is 0 Å². The Balaban J connectivity index is 1.97. The summed E-state index contributed by atoms with van der Waals surface area (Å²) in [4.78, 5) is 14.5. The molecule has 1 aromatic rings. The van der Waals surface area contributed by atoms with Crippen LogP contribution < -0.4 is 5.32 Å². The van der Waals surface area contributed by atoms with Crippen LogP contribution >= 0.6 is 0 Å². The molecule has 148 valence electrons. The van der Waals surface area contributed by atoms with Gasteiger partial charge in [0.2, 0.25) is 0 Å². The van der Waals surface area contributed by atoms with Crippen molar-refractivity contribution in [3.8, 4) is 0 Å². The third kappa shape index (κ3) is 6.55. The van der Waals surface area contributed by atoms with Crippen molar-refractivity contribution in [3.63, 3.8) is 0 Å². The van der Waals surface area contributed by atoms with Gasteiger partial charge in [-0.3, -0.25) is 4.90 Å². The van der Waals surface area contributed by atoms with Gasteiger partial charge in [0.15, 0.2) is 0 Å². The molecule has 4 nitrogen and oxygen atoms in total. The molecule has 0 aromatic heterocycles. The summed E-state index contributed by atoms with van der Waals surface area (Å²) in [6.45, 7) is 12.0. The van der Waals surface area contributed by atoms with Crippen molar-refractivity contribution in [1.29, 1.82) is 0 Å². The first-order valence-electron chi connectivity index (χ1n) is 9.83. The number of allylic oxidation sites excluding steroid dienone is 4. The van der Waals surface area contributed by atoms with E-state index in [1.54, 1.807) is 0 Å². The smallest absolute Gasteiger partial charge is 0.323 e. The van der Waals surface area contributed by atoms with Crippen LogP contribution in [0.3, 0.4) is 0 Å². The van der Waals surface area contributed by atoms with Gasteiger partial charge in [0.1, 0.15) is 6.23 Å². The second-order valence-electron chi connectivity index (χ2n) is 8.28. The van der Waals surface area contributed by atoms with E-state index in [9.17, 15) is 4.79 Å². The molecule has 1 aromatic carbocycles. The summed E-state index contributed by atoms with van der Waals surface area (Å²) in [6, 6.07) is 9.47. The van der Waals surface area contributed by atoms with Crippen molar-refractivity contribution in [1.82, 2.24) is 4.90 Å². The van der Waals surface area contributed by atoms with Crippen LogP contribution in [-0.4, -0.2) is 30.3 Å². The zero-order chi connectivity index (χ0) is 19.9. The van der Waals surface area contributed by atoms with Gasteiger partial charge < -0.3 is 10.1 Å². The Bertz CT molecular complexity index is 673. The van der Waals surface area contributed by atoms with Crippen molar-refractivity contribution >= 4 is 11.7 Å². The standard InChI is InChI=1S/C23H34N2O2/c1-18(2)10-9-11-19(3)14-15-23(4,5)21-25(16-17-27-21)22(26)24-20-12-7-6-8-13-20/h6-8,10,12-14,21H,9,11,15-17H2,1-5H3,(H,24,26). The third-order valence-electron chi connectivity index (χ3n) is 4.91. The second kappa shape index (κ2) is 9.75. The largest absolute Gasteiger partial charge is 0.356 e. The molecule has 2 rings (SSSR count). The number of carbonyl (C=O) groups is 1. The first kappa shape index (κ1) is 21.2. The molecule has 1 aliphatic rings. The SMILES string of the molecule is CC(C)=CCCC(C)=CCC(C)(C)C1OCCN1C(=O)Nc1ccccc1. The number of carbonyl (C=O) groups excluding carboxylic acids is 1. The monoisotopic (exact) mass is 370 g/mol. The van der Waals surface area contributed by atoms with E-state index in [4.69, 9.17) is 4.74 Å². The maximum Gasteiger partial charge on any atom is 0.323 e. The topological polar surface area (TPSA) is 41.6 Å². The lowest BCUT2D eigenvalue weighted by molar-refractivity contribution is -0.0346. The van der Waals surface area contributed by atoms with E-state index >= 15 is 0 Å². The molecule has 1 aliphatic heterocycles. The van der Waals surface area contributed by atoms with Crippen molar-refractivity contribution in [2.45, 2.75) is 60.1 Å². The lowest BCUT2D eigenvalue weighted by atomic mass is 9.85.